The molecule has 0 fully saturated rings. The predicted octanol–water partition coefficient (Wildman–Crippen LogP) is -0.646. The first-order chi connectivity index (χ1) is 9.20. The number of aryl methyl sites for hydroxylation is 1. The Morgan fingerprint density at radius 3 is 3.00 bits per heavy atom. The predicted molar refractivity (Wildman–Crippen MR) is 66.6 cm³/mol. The van der Waals surface area contributed by atoms with Gasteiger partial charge in [-0.3, -0.25) is 9.59 Å². The fourth-order valence-electron chi connectivity index (χ4n) is 1.67. The van der Waals surface area contributed by atoms with Crippen LogP contribution in [0.3, 0.4) is 0 Å². The molecule has 0 bridgehead atoms. The van der Waals surface area contributed by atoms with Gasteiger partial charge < -0.3 is 10.3 Å². The van der Waals surface area contributed by atoms with Gasteiger partial charge in [0.05, 0.1) is 12.1 Å². The van der Waals surface area contributed by atoms with Gasteiger partial charge in [-0.15, -0.1) is 5.10 Å². The van der Waals surface area contributed by atoms with Crippen LogP contribution in [0.1, 0.15) is 23.0 Å². The molecule has 8 heteroatoms. The Bertz CT molecular complexity index is 604. The molecule has 0 aliphatic carbocycles. The molecular formula is C11H14N6O2. The number of pyridine rings is 1. The fraction of sp³-hybridized carbons (Fsp3) is 0.364. The van der Waals surface area contributed by atoms with E-state index in [1.807, 2.05) is 6.92 Å². The van der Waals surface area contributed by atoms with Gasteiger partial charge in [0, 0.05) is 18.3 Å². The van der Waals surface area contributed by atoms with Gasteiger partial charge in [0.2, 0.25) is 5.56 Å². The van der Waals surface area contributed by atoms with E-state index in [0.29, 0.717) is 30.8 Å². The summed E-state index contributed by atoms with van der Waals surface area (Å²) in [4.78, 5) is 25.8. The Kier molecular flexibility index (Phi) is 4.01. The molecule has 0 atom stereocenters. The Morgan fingerprint density at radius 2 is 2.32 bits per heavy atom. The van der Waals surface area contributed by atoms with Crippen molar-refractivity contribution in [2.24, 2.45) is 0 Å². The quantitative estimate of drug-likeness (QED) is 0.745. The minimum Gasteiger partial charge on any atom is -0.350 e. The highest BCUT2D eigenvalue weighted by molar-refractivity contribution is 5.95. The van der Waals surface area contributed by atoms with Crippen LogP contribution in [0.25, 0.3) is 0 Å². The van der Waals surface area contributed by atoms with E-state index >= 15 is 0 Å². The van der Waals surface area contributed by atoms with Crippen LogP contribution >= 0.6 is 0 Å². The van der Waals surface area contributed by atoms with Crippen molar-refractivity contribution in [3.05, 3.63) is 40.1 Å². The number of carbonyl (C=O) groups excluding carboxylic acids is 1. The third-order valence-electron chi connectivity index (χ3n) is 2.62. The number of aromatic amines is 1. The molecule has 0 saturated heterocycles. The van der Waals surface area contributed by atoms with Crippen LogP contribution in [0, 0.1) is 0 Å². The van der Waals surface area contributed by atoms with E-state index in [-0.39, 0.29) is 11.5 Å². The monoisotopic (exact) mass is 262 g/mol. The van der Waals surface area contributed by atoms with Crippen molar-refractivity contribution in [1.82, 2.24) is 30.5 Å². The van der Waals surface area contributed by atoms with Crippen LogP contribution < -0.4 is 10.9 Å². The van der Waals surface area contributed by atoms with Crippen LogP contribution in [0.4, 0.5) is 0 Å². The molecule has 0 aliphatic rings. The topological polar surface area (TPSA) is 106 Å². The first-order valence-electron chi connectivity index (χ1n) is 5.92. The Hall–Kier alpha value is -2.51. The normalized spacial score (nSPS) is 10.4. The average Bonchev–Trinajstić information content (AvgIpc) is 2.91. The number of H-pyrrole nitrogens is 1. The van der Waals surface area contributed by atoms with Crippen LogP contribution in [-0.2, 0) is 13.0 Å². The van der Waals surface area contributed by atoms with Gasteiger partial charge in [-0.05, 0) is 22.9 Å². The summed E-state index contributed by atoms with van der Waals surface area (Å²) < 4.78 is 1.52. The zero-order valence-electron chi connectivity index (χ0n) is 10.5. The van der Waals surface area contributed by atoms with E-state index in [1.165, 1.54) is 23.1 Å². The van der Waals surface area contributed by atoms with Crippen molar-refractivity contribution >= 4 is 5.91 Å². The van der Waals surface area contributed by atoms with Gasteiger partial charge in [-0.2, -0.15) is 0 Å². The molecule has 19 heavy (non-hydrogen) atoms. The number of amides is 1. The van der Waals surface area contributed by atoms with Crippen LogP contribution in [-0.4, -0.2) is 37.6 Å². The van der Waals surface area contributed by atoms with Gasteiger partial charge in [-0.1, -0.05) is 6.92 Å². The fourth-order valence-corrected chi connectivity index (χ4v) is 1.67. The second-order valence-corrected chi connectivity index (χ2v) is 3.90. The maximum absolute atomic E-state index is 12.0. The highest BCUT2D eigenvalue weighted by atomic mass is 16.1. The van der Waals surface area contributed by atoms with Gasteiger partial charge in [0.25, 0.3) is 5.91 Å². The molecule has 0 aliphatic heterocycles. The molecule has 0 saturated carbocycles. The highest BCUT2D eigenvalue weighted by Crippen LogP contribution is 2.03. The van der Waals surface area contributed by atoms with Crippen molar-refractivity contribution in [3.8, 4) is 0 Å². The minimum atomic E-state index is -0.221. The lowest BCUT2D eigenvalue weighted by molar-refractivity contribution is 0.0950. The maximum atomic E-state index is 12.0. The number of hydrogen-bond donors (Lipinski definition) is 2. The van der Waals surface area contributed by atoms with Crippen molar-refractivity contribution < 1.29 is 4.79 Å². The van der Waals surface area contributed by atoms with Crippen molar-refractivity contribution in [3.63, 3.8) is 0 Å². The highest BCUT2D eigenvalue weighted by Gasteiger charge is 2.10. The number of hydrogen-bond acceptors (Lipinski definition) is 5. The number of rotatable bonds is 5. The molecule has 0 aromatic carbocycles. The lowest BCUT2D eigenvalue weighted by Gasteiger charge is -2.08. The standard InChI is InChI=1S/C11H14N6O2/c1-2-9-8(3-4-10(18)14-9)11(19)12-5-6-17-7-13-15-16-17/h3-4,7H,2,5-6H2,1H3,(H,12,19)(H,14,18). The molecule has 2 N–H and O–H groups in total. The molecule has 8 nitrogen and oxygen atoms in total. The Labute approximate surface area is 108 Å². The second-order valence-electron chi connectivity index (χ2n) is 3.90. The number of carbonyl (C=O) groups is 1. The molecule has 2 aromatic heterocycles. The summed E-state index contributed by atoms with van der Waals surface area (Å²) in [6, 6.07) is 2.87. The molecule has 2 aromatic rings. The van der Waals surface area contributed by atoms with Crippen molar-refractivity contribution in [2.75, 3.05) is 6.54 Å². The lowest BCUT2D eigenvalue weighted by Crippen LogP contribution is -2.29. The second kappa shape index (κ2) is 5.89. The van der Waals surface area contributed by atoms with E-state index < -0.39 is 0 Å². The maximum Gasteiger partial charge on any atom is 0.253 e. The van der Waals surface area contributed by atoms with E-state index in [1.54, 1.807) is 0 Å². The Balaban J connectivity index is 1.98. The minimum absolute atomic E-state index is 0.206. The molecule has 100 valence electrons. The zero-order chi connectivity index (χ0) is 13.7. The van der Waals surface area contributed by atoms with Crippen LogP contribution in [0.2, 0.25) is 0 Å². The molecular weight excluding hydrogens is 248 g/mol. The average molecular weight is 262 g/mol. The molecule has 0 spiro atoms. The smallest absolute Gasteiger partial charge is 0.253 e. The largest absolute Gasteiger partial charge is 0.350 e. The van der Waals surface area contributed by atoms with E-state index in [2.05, 4.69) is 25.8 Å². The number of aromatic nitrogens is 5. The van der Waals surface area contributed by atoms with Crippen molar-refractivity contribution in [1.29, 1.82) is 0 Å². The summed E-state index contributed by atoms with van der Waals surface area (Å²) in [6.07, 6.45) is 2.06. The van der Waals surface area contributed by atoms with Crippen molar-refractivity contribution in [2.45, 2.75) is 19.9 Å². The molecule has 0 radical (unpaired) electrons. The van der Waals surface area contributed by atoms with E-state index in [9.17, 15) is 9.59 Å². The number of nitrogens with zero attached hydrogens (tertiary/aromatic N) is 4. The summed E-state index contributed by atoms with van der Waals surface area (Å²) in [6.45, 7) is 2.78. The molecule has 1 amide bonds. The summed E-state index contributed by atoms with van der Waals surface area (Å²) in [7, 11) is 0. The SMILES string of the molecule is CCc1[nH]c(=O)ccc1C(=O)NCCn1cnnn1. The summed E-state index contributed by atoms with van der Waals surface area (Å²) >= 11 is 0. The molecule has 2 rings (SSSR count). The van der Waals surface area contributed by atoms with E-state index in [0.717, 1.165) is 0 Å². The summed E-state index contributed by atoms with van der Waals surface area (Å²) in [5, 5.41) is 13.4. The van der Waals surface area contributed by atoms with Gasteiger partial charge >= 0.3 is 0 Å². The van der Waals surface area contributed by atoms with Crippen LogP contribution in [0.15, 0.2) is 23.3 Å². The number of tetrazole rings is 1. The number of nitrogens with one attached hydrogen (secondary N) is 2. The van der Waals surface area contributed by atoms with Gasteiger partial charge in [-0.25, -0.2) is 4.68 Å². The first kappa shape index (κ1) is 12.9. The van der Waals surface area contributed by atoms with Gasteiger partial charge in [0.1, 0.15) is 6.33 Å². The molecule has 0 unspecified atom stereocenters. The van der Waals surface area contributed by atoms with Gasteiger partial charge in [0.15, 0.2) is 0 Å². The summed E-state index contributed by atoms with van der Waals surface area (Å²) in [5.41, 5.74) is 0.910. The zero-order valence-corrected chi connectivity index (χ0v) is 10.5. The van der Waals surface area contributed by atoms with Crippen LogP contribution in [0.5, 0.6) is 0 Å². The third-order valence-corrected chi connectivity index (χ3v) is 2.62. The lowest BCUT2D eigenvalue weighted by atomic mass is 10.1. The first-order valence-corrected chi connectivity index (χ1v) is 5.92. The van der Waals surface area contributed by atoms with E-state index in [4.69, 9.17) is 0 Å². The summed E-state index contributed by atoms with van der Waals surface area (Å²) in [5.74, 6) is -0.221. The Morgan fingerprint density at radius 1 is 1.47 bits per heavy atom. The third kappa shape index (κ3) is 3.24. The molecule has 2 heterocycles.